The largest absolute Gasteiger partial charge is 0.487 e. The molecule has 0 unspecified atom stereocenters. The van der Waals surface area contributed by atoms with Crippen LogP contribution < -0.4 is 26.0 Å². The number of carbonyl (C=O) groups excluding carboxylic acids is 4. The number of aryl methyl sites for hydroxylation is 1. The van der Waals surface area contributed by atoms with Gasteiger partial charge in [0.15, 0.2) is 0 Å². The Morgan fingerprint density at radius 3 is 1.62 bits per heavy atom. The number of ether oxygens (including phenoxy) is 1. The summed E-state index contributed by atoms with van der Waals surface area (Å²) in [6, 6.07) is 3.27. The van der Waals surface area contributed by atoms with E-state index in [2.05, 4.69) is 41.5 Å². The number of hydrogen-bond donors (Lipinski definition) is 12. The quantitative estimate of drug-likeness (QED) is 0.0262. The number of amides is 5. The van der Waals surface area contributed by atoms with Crippen molar-refractivity contribution < 1.29 is 103 Å². The van der Waals surface area contributed by atoms with Crippen LogP contribution in [-0.2, 0) is 85.5 Å². The number of aliphatic carboxylic acids is 8. The van der Waals surface area contributed by atoms with Gasteiger partial charge >= 0.3 is 53.8 Å². The summed E-state index contributed by atoms with van der Waals surface area (Å²) in [5.74, 6) is -10.4. The predicted molar refractivity (Wildman–Crippen MR) is 328 cm³/mol. The van der Waals surface area contributed by atoms with Crippen molar-refractivity contribution in [3.63, 3.8) is 0 Å². The van der Waals surface area contributed by atoms with Crippen molar-refractivity contribution in [1.29, 1.82) is 0 Å². The van der Waals surface area contributed by atoms with Crippen molar-refractivity contribution in [2.45, 2.75) is 109 Å². The molecule has 517 valence electrons. The van der Waals surface area contributed by atoms with Gasteiger partial charge in [0, 0.05) is 130 Å². The van der Waals surface area contributed by atoms with Crippen LogP contribution in [0.15, 0.2) is 42.9 Å². The fraction of sp³-hybridized carbons (Fsp3) is 0.596. The van der Waals surface area contributed by atoms with Gasteiger partial charge in [-0.15, -0.1) is 5.10 Å². The minimum Gasteiger partial charge on any atom is -0.487 e. The van der Waals surface area contributed by atoms with E-state index in [1.54, 1.807) is 37.7 Å². The van der Waals surface area contributed by atoms with Gasteiger partial charge in [0.25, 0.3) is 0 Å². The van der Waals surface area contributed by atoms with Gasteiger partial charge in [-0.1, -0.05) is 23.8 Å². The molecule has 5 amide bonds. The second-order valence-corrected chi connectivity index (χ2v) is 22.1. The second kappa shape index (κ2) is 43.4. The smallest absolute Gasteiger partial charge is 0.326 e. The molecule has 0 aliphatic carbocycles. The van der Waals surface area contributed by atoms with E-state index >= 15 is 0 Å². The van der Waals surface area contributed by atoms with Gasteiger partial charge in [0.2, 0.25) is 17.7 Å². The molecule has 1 aliphatic rings. The number of aromatic nitrogens is 5. The molecule has 0 saturated carbocycles. The fourth-order valence-corrected chi connectivity index (χ4v) is 9.72. The molecule has 1 saturated heterocycles. The van der Waals surface area contributed by atoms with Crippen molar-refractivity contribution in [3.05, 3.63) is 59.9 Å². The van der Waals surface area contributed by atoms with Gasteiger partial charge in [-0.05, 0) is 69.2 Å². The number of imidazole rings is 1. The maximum Gasteiger partial charge on any atom is 0.326 e. The number of nitrogens with zero attached hydrogens (tertiary/aromatic N) is 11. The van der Waals surface area contributed by atoms with Crippen molar-refractivity contribution in [2.24, 2.45) is 0 Å². The predicted octanol–water partition coefficient (Wildman–Crippen LogP) is -2.43. The normalized spacial score (nSPS) is 14.2. The summed E-state index contributed by atoms with van der Waals surface area (Å²) in [4.78, 5) is 157. The molecule has 4 rings (SSSR count). The Hall–Kier alpha value is -8.52. The number of carbonyl (C=O) groups is 12. The molecule has 1 aliphatic heterocycles. The molecule has 1 fully saturated rings. The third kappa shape index (κ3) is 33.9. The van der Waals surface area contributed by atoms with E-state index in [1.807, 2.05) is 17.0 Å². The summed E-state index contributed by atoms with van der Waals surface area (Å²) >= 11 is 0. The standard InChI is InChI=1S/C57H85N15O21.In/c73-46(59-15-4-3-7-43(55(88)89)61-57(92)62-44(56(90)91)13-14-49(76)77)8-2-1-5-18-69(31-45-58-17-20-70(45)33-48(75)71(37-53(84)85)38-54(86)87)29-40-9-11-42(12-10-40)93-39-41-30-72(64-63-41)19-6-16-60-47(74)32-65-21-23-66(34-50(78)79)25-27-68(36-52(82)83)28-26-67(24-22-65)35-51(80)81;/h9-12,17,20,30,43-44H,1-8,13-16,18-19,21-29,31-39H2,(H,59,73)(H,60,74)(H,76,77)(H,78,79)(H,80,81)(H,82,83)(H,84,85)(H,86,87)(H,88,89)(H,90,91)(H2,61,62,92);/t43-,44-;/m0./s1. The number of urea groups is 1. The summed E-state index contributed by atoms with van der Waals surface area (Å²) < 4.78 is 9.14. The first-order chi connectivity index (χ1) is 44.3. The van der Waals surface area contributed by atoms with E-state index in [1.165, 1.54) is 17.0 Å². The molecule has 1 aromatic carbocycles. The number of benzene rings is 1. The number of carboxylic acid groups (broad SMARTS) is 8. The number of hydrogen-bond acceptors (Lipinski definition) is 21. The molecule has 36 nitrogen and oxygen atoms in total. The van der Waals surface area contributed by atoms with Crippen LogP contribution in [0.25, 0.3) is 0 Å². The molecule has 94 heavy (non-hydrogen) atoms. The molecule has 37 heteroatoms. The van der Waals surface area contributed by atoms with Crippen LogP contribution in [0.3, 0.4) is 0 Å². The van der Waals surface area contributed by atoms with E-state index < -0.39 is 97.7 Å². The molecule has 3 heterocycles. The van der Waals surface area contributed by atoms with Crippen molar-refractivity contribution in [2.75, 3.05) is 111 Å². The van der Waals surface area contributed by atoms with Crippen molar-refractivity contribution in [3.8, 4) is 5.75 Å². The molecule has 0 bridgehead atoms. The van der Waals surface area contributed by atoms with Crippen LogP contribution in [0.5, 0.6) is 5.75 Å². The van der Waals surface area contributed by atoms with Crippen LogP contribution in [0.2, 0.25) is 0 Å². The summed E-state index contributed by atoms with van der Waals surface area (Å²) in [5, 5.41) is 93.1. The Labute approximate surface area is 559 Å². The second-order valence-electron chi connectivity index (χ2n) is 22.1. The Kier molecular flexibility index (Phi) is 36.8. The Morgan fingerprint density at radius 1 is 0.553 bits per heavy atom. The molecular weight excluding hydrogens is 1350 g/mol. The van der Waals surface area contributed by atoms with Crippen LogP contribution in [0.1, 0.15) is 81.3 Å². The molecule has 2 atom stereocenters. The first kappa shape index (κ1) is 79.7. The molecular formula is C57H85InN15O21. The van der Waals surface area contributed by atoms with E-state index in [-0.39, 0.29) is 149 Å². The molecule has 0 spiro atoms. The summed E-state index contributed by atoms with van der Waals surface area (Å²) in [6.07, 6.45) is 6.79. The Bertz CT molecular complexity index is 2910. The minimum atomic E-state index is -1.55. The van der Waals surface area contributed by atoms with Crippen LogP contribution in [0, 0.1) is 0 Å². The van der Waals surface area contributed by atoms with Gasteiger partial charge in [0.1, 0.15) is 55.6 Å². The van der Waals surface area contributed by atoms with Gasteiger partial charge < -0.3 is 76.3 Å². The van der Waals surface area contributed by atoms with E-state index in [0.717, 1.165) is 5.56 Å². The van der Waals surface area contributed by atoms with Gasteiger partial charge in [-0.25, -0.2) is 19.4 Å². The van der Waals surface area contributed by atoms with E-state index in [0.29, 0.717) is 93.5 Å². The zero-order chi connectivity index (χ0) is 68.2. The van der Waals surface area contributed by atoms with Crippen LogP contribution in [0.4, 0.5) is 4.79 Å². The van der Waals surface area contributed by atoms with Gasteiger partial charge in [-0.2, -0.15) is 0 Å². The first-order valence-electron chi connectivity index (χ1n) is 30.2. The van der Waals surface area contributed by atoms with Crippen LogP contribution >= 0.6 is 0 Å². The summed E-state index contributed by atoms with van der Waals surface area (Å²) in [7, 11) is 0. The number of unbranched alkanes of at least 4 members (excludes halogenated alkanes) is 3. The maximum absolute atomic E-state index is 13.2. The number of rotatable bonds is 43. The molecule has 3 aromatic rings. The van der Waals surface area contributed by atoms with E-state index in [9.17, 15) is 93.3 Å². The minimum absolute atomic E-state index is 0. The monoisotopic (exact) mass is 1430 g/mol. The van der Waals surface area contributed by atoms with Gasteiger partial charge in [-0.3, -0.25) is 72.3 Å². The van der Waals surface area contributed by atoms with Gasteiger partial charge in [0.05, 0.1) is 38.9 Å². The third-order valence-electron chi connectivity index (χ3n) is 14.5. The number of nitrogens with one attached hydrogen (secondary N) is 4. The van der Waals surface area contributed by atoms with Crippen LogP contribution in [-0.4, -0.2) is 315 Å². The van der Waals surface area contributed by atoms with Crippen molar-refractivity contribution >= 4 is 97.4 Å². The number of carboxylic acids is 8. The fourth-order valence-electron chi connectivity index (χ4n) is 9.72. The SMILES string of the molecule is O=C(O)CC[C@H](NC(=O)N[C@@H](CCCCNC(=O)CCCCCN(Cc1ccc(OCc2cn(CCCNC(=O)CN3CCN(CC(=O)O)CCN(CC(=O)O)CCN(CC(=O)O)CC3)nn2)cc1)Cc1nccn1CC(=O)N(CC(=O)O)CC(=O)O)C(=O)O)C(=O)O.[In]. The zero-order valence-electron chi connectivity index (χ0n) is 52.2. The topological polar surface area (TPSA) is 492 Å². The average Bonchev–Trinajstić information content (AvgIpc) is 1.78. The Balaban J connectivity index is 0.0000230. The summed E-state index contributed by atoms with van der Waals surface area (Å²) in [6.45, 7) is 1.35. The van der Waals surface area contributed by atoms with Crippen molar-refractivity contribution in [1.82, 2.24) is 75.2 Å². The zero-order valence-corrected chi connectivity index (χ0v) is 55.5. The Morgan fingerprint density at radius 2 is 1.09 bits per heavy atom. The molecule has 3 radical (unpaired) electrons. The molecule has 12 N–H and O–H groups in total. The summed E-state index contributed by atoms with van der Waals surface area (Å²) in [5.41, 5.74) is 1.40. The van der Waals surface area contributed by atoms with E-state index in [4.69, 9.17) is 9.84 Å². The average molecular weight is 1430 g/mol. The third-order valence-corrected chi connectivity index (χ3v) is 14.5. The maximum atomic E-state index is 13.2. The molecule has 2 aromatic heterocycles. The first-order valence-corrected chi connectivity index (χ1v) is 30.2.